The molecule has 0 heterocycles. The molecule has 96 valence electrons. The zero-order valence-electron chi connectivity index (χ0n) is 11.5. The van der Waals surface area contributed by atoms with Crippen LogP contribution in [0.4, 0.5) is 0 Å². The molecule has 0 fully saturated rings. The van der Waals surface area contributed by atoms with Crippen LogP contribution in [-0.2, 0) is 6.54 Å². The van der Waals surface area contributed by atoms with E-state index in [0.717, 1.165) is 12.3 Å². The zero-order chi connectivity index (χ0) is 13.0. The normalized spacial score (nSPS) is 11.0. The average molecular weight is 237 g/mol. The van der Waals surface area contributed by atoms with Gasteiger partial charge < -0.3 is 9.84 Å². The summed E-state index contributed by atoms with van der Waals surface area (Å²) < 4.78 is 5.41. The summed E-state index contributed by atoms with van der Waals surface area (Å²) in [5.41, 5.74) is 4.96. The molecular formula is C14H23NO2. The van der Waals surface area contributed by atoms with Gasteiger partial charge in [-0.25, -0.2) is 0 Å². The van der Waals surface area contributed by atoms with Crippen LogP contribution in [0.3, 0.4) is 0 Å². The molecule has 3 heteroatoms. The fraction of sp³-hybridized carbons (Fsp3) is 0.571. The Bertz CT molecular complexity index is 388. The van der Waals surface area contributed by atoms with E-state index in [4.69, 9.17) is 9.84 Å². The number of nitrogens with zero attached hydrogens (tertiary/aromatic N) is 1. The van der Waals surface area contributed by atoms with Crippen molar-refractivity contribution in [2.24, 2.45) is 0 Å². The van der Waals surface area contributed by atoms with Gasteiger partial charge in [-0.1, -0.05) is 6.07 Å². The predicted molar refractivity (Wildman–Crippen MR) is 70.6 cm³/mol. The number of hydrogen-bond donors (Lipinski definition) is 1. The van der Waals surface area contributed by atoms with Crippen LogP contribution in [0.15, 0.2) is 6.07 Å². The van der Waals surface area contributed by atoms with E-state index in [1.807, 2.05) is 7.05 Å². The largest absolute Gasteiger partial charge is 0.496 e. The fourth-order valence-electron chi connectivity index (χ4n) is 2.16. The van der Waals surface area contributed by atoms with Gasteiger partial charge >= 0.3 is 0 Å². The monoisotopic (exact) mass is 237 g/mol. The number of methoxy groups -OCH3 is 1. The Hall–Kier alpha value is -1.06. The van der Waals surface area contributed by atoms with E-state index in [1.54, 1.807) is 7.11 Å². The molecule has 1 aromatic rings. The van der Waals surface area contributed by atoms with Gasteiger partial charge in [0.2, 0.25) is 0 Å². The number of rotatable bonds is 5. The number of likely N-dealkylation sites (N-methyl/N-ethyl adjacent to an activating group) is 1. The van der Waals surface area contributed by atoms with Crippen molar-refractivity contribution < 1.29 is 9.84 Å². The first-order valence-electron chi connectivity index (χ1n) is 5.94. The lowest BCUT2D eigenvalue weighted by Gasteiger charge is -2.20. The molecule has 0 bridgehead atoms. The Kier molecular flexibility index (Phi) is 4.97. The SMILES string of the molecule is COc1c(C)cc(CN(C)CCO)c(C)c1C. The molecule has 0 unspecified atom stereocenters. The van der Waals surface area contributed by atoms with Crippen molar-refractivity contribution in [2.75, 3.05) is 27.3 Å². The van der Waals surface area contributed by atoms with E-state index < -0.39 is 0 Å². The number of hydrogen-bond acceptors (Lipinski definition) is 3. The average Bonchev–Trinajstić information content (AvgIpc) is 2.26. The summed E-state index contributed by atoms with van der Waals surface area (Å²) >= 11 is 0. The molecule has 1 aromatic carbocycles. The van der Waals surface area contributed by atoms with E-state index >= 15 is 0 Å². The van der Waals surface area contributed by atoms with Crippen LogP contribution >= 0.6 is 0 Å². The smallest absolute Gasteiger partial charge is 0.124 e. The molecule has 0 aliphatic rings. The summed E-state index contributed by atoms with van der Waals surface area (Å²) in [7, 11) is 3.73. The molecular weight excluding hydrogens is 214 g/mol. The molecule has 0 atom stereocenters. The highest BCUT2D eigenvalue weighted by Gasteiger charge is 2.11. The van der Waals surface area contributed by atoms with Crippen LogP contribution in [-0.4, -0.2) is 37.3 Å². The summed E-state index contributed by atoms with van der Waals surface area (Å²) in [6.07, 6.45) is 0. The van der Waals surface area contributed by atoms with Crippen molar-refractivity contribution in [2.45, 2.75) is 27.3 Å². The molecule has 17 heavy (non-hydrogen) atoms. The highest BCUT2D eigenvalue weighted by molar-refractivity contribution is 5.48. The lowest BCUT2D eigenvalue weighted by Crippen LogP contribution is -2.22. The van der Waals surface area contributed by atoms with Crippen LogP contribution in [0.5, 0.6) is 5.75 Å². The van der Waals surface area contributed by atoms with Gasteiger partial charge in [0.25, 0.3) is 0 Å². The van der Waals surface area contributed by atoms with E-state index in [-0.39, 0.29) is 6.61 Å². The van der Waals surface area contributed by atoms with Gasteiger partial charge in [-0.05, 0) is 50.1 Å². The minimum absolute atomic E-state index is 0.198. The van der Waals surface area contributed by atoms with Gasteiger partial charge in [-0.3, -0.25) is 4.90 Å². The van der Waals surface area contributed by atoms with Crippen molar-refractivity contribution in [3.8, 4) is 5.75 Å². The number of ether oxygens (including phenoxy) is 1. The van der Waals surface area contributed by atoms with Crippen molar-refractivity contribution in [1.29, 1.82) is 0 Å². The van der Waals surface area contributed by atoms with Gasteiger partial charge in [0.15, 0.2) is 0 Å². The van der Waals surface area contributed by atoms with Crippen LogP contribution in [0, 0.1) is 20.8 Å². The molecule has 0 aliphatic heterocycles. The molecule has 1 rings (SSSR count). The lowest BCUT2D eigenvalue weighted by molar-refractivity contribution is 0.217. The third-order valence-corrected chi connectivity index (χ3v) is 3.26. The Balaban J connectivity index is 3.02. The van der Waals surface area contributed by atoms with Crippen LogP contribution in [0.1, 0.15) is 22.3 Å². The number of benzene rings is 1. The van der Waals surface area contributed by atoms with Crippen LogP contribution in [0.2, 0.25) is 0 Å². The Morgan fingerprint density at radius 1 is 1.24 bits per heavy atom. The third-order valence-electron chi connectivity index (χ3n) is 3.26. The maximum absolute atomic E-state index is 8.91. The van der Waals surface area contributed by atoms with Gasteiger partial charge in [0.05, 0.1) is 13.7 Å². The minimum atomic E-state index is 0.198. The number of aryl methyl sites for hydroxylation is 1. The van der Waals surface area contributed by atoms with E-state index in [9.17, 15) is 0 Å². The molecule has 0 aromatic heterocycles. The summed E-state index contributed by atoms with van der Waals surface area (Å²) in [5, 5.41) is 8.91. The van der Waals surface area contributed by atoms with E-state index in [1.165, 1.54) is 22.3 Å². The first kappa shape index (κ1) is 14.0. The topological polar surface area (TPSA) is 32.7 Å². The van der Waals surface area contributed by atoms with Crippen LogP contribution < -0.4 is 4.74 Å². The maximum atomic E-state index is 8.91. The second-order valence-electron chi connectivity index (χ2n) is 4.60. The first-order chi connectivity index (χ1) is 8.01. The number of aliphatic hydroxyl groups excluding tert-OH is 1. The molecule has 3 nitrogen and oxygen atoms in total. The van der Waals surface area contributed by atoms with Gasteiger partial charge in [-0.15, -0.1) is 0 Å². The predicted octanol–water partition coefficient (Wildman–Crippen LogP) is 2.04. The fourth-order valence-corrected chi connectivity index (χ4v) is 2.16. The van der Waals surface area contributed by atoms with E-state index in [2.05, 4.69) is 31.7 Å². The molecule has 0 radical (unpaired) electrons. The molecule has 0 saturated carbocycles. The van der Waals surface area contributed by atoms with Gasteiger partial charge in [0.1, 0.15) is 5.75 Å². The minimum Gasteiger partial charge on any atom is -0.496 e. The molecule has 0 spiro atoms. The molecule has 0 aliphatic carbocycles. The van der Waals surface area contributed by atoms with Crippen molar-refractivity contribution in [1.82, 2.24) is 4.90 Å². The van der Waals surface area contributed by atoms with Crippen molar-refractivity contribution in [3.05, 3.63) is 28.3 Å². The quantitative estimate of drug-likeness (QED) is 0.850. The van der Waals surface area contributed by atoms with Crippen molar-refractivity contribution >= 4 is 0 Å². The third kappa shape index (κ3) is 3.20. The highest BCUT2D eigenvalue weighted by atomic mass is 16.5. The lowest BCUT2D eigenvalue weighted by atomic mass is 9.98. The maximum Gasteiger partial charge on any atom is 0.124 e. The summed E-state index contributed by atoms with van der Waals surface area (Å²) in [5.74, 6) is 0.982. The zero-order valence-corrected chi connectivity index (χ0v) is 11.5. The molecule has 1 N–H and O–H groups in total. The first-order valence-corrected chi connectivity index (χ1v) is 5.94. The standard InChI is InChI=1S/C14H23NO2/c1-10-8-13(9-15(4)6-7-16)11(2)12(3)14(10)17-5/h8,16H,6-7,9H2,1-5H3. The molecule has 0 amide bonds. The second-order valence-corrected chi connectivity index (χ2v) is 4.60. The number of aliphatic hydroxyl groups is 1. The molecule has 0 saturated heterocycles. The Labute approximate surface area is 104 Å². The van der Waals surface area contributed by atoms with Gasteiger partial charge in [-0.2, -0.15) is 0 Å². The van der Waals surface area contributed by atoms with Crippen molar-refractivity contribution in [3.63, 3.8) is 0 Å². The van der Waals surface area contributed by atoms with Crippen LogP contribution in [0.25, 0.3) is 0 Å². The Morgan fingerprint density at radius 2 is 1.88 bits per heavy atom. The highest BCUT2D eigenvalue weighted by Crippen LogP contribution is 2.28. The summed E-state index contributed by atoms with van der Waals surface area (Å²) in [6.45, 7) is 8.04. The second kappa shape index (κ2) is 6.03. The Morgan fingerprint density at radius 3 is 2.41 bits per heavy atom. The summed E-state index contributed by atoms with van der Waals surface area (Å²) in [6, 6.07) is 2.18. The van der Waals surface area contributed by atoms with E-state index in [0.29, 0.717) is 6.54 Å². The summed E-state index contributed by atoms with van der Waals surface area (Å²) in [4.78, 5) is 2.12. The van der Waals surface area contributed by atoms with Gasteiger partial charge in [0, 0.05) is 13.1 Å².